The molecule has 0 spiro atoms. The molecule has 1 aliphatic heterocycles. The Morgan fingerprint density at radius 2 is 1.57 bits per heavy atom. The van der Waals surface area contributed by atoms with Gasteiger partial charge in [0, 0.05) is 12.6 Å². The van der Waals surface area contributed by atoms with Crippen LogP contribution in [0, 0.1) is 6.92 Å². The van der Waals surface area contributed by atoms with Gasteiger partial charge in [-0.05, 0) is 42.2 Å². The fourth-order valence-electron chi connectivity index (χ4n) is 2.88. The first kappa shape index (κ1) is 14.0. The number of fused-ring (bicyclic) bond motifs is 1. The SMILES string of the molecule is COc1cc2c(cc1OC)C[C@H](c1ccc(C)cc1)NC2. The minimum Gasteiger partial charge on any atom is -0.493 e. The molecule has 1 aliphatic rings. The van der Waals surface area contributed by atoms with E-state index in [1.807, 2.05) is 0 Å². The standard InChI is InChI=1S/C18H21NO2/c1-12-4-6-13(7-5-12)16-8-14-9-17(20-2)18(21-3)10-15(14)11-19-16/h4-7,9-10,16,19H,8,11H2,1-3H3/t16-/m1/s1. The average Bonchev–Trinajstić information content (AvgIpc) is 2.53. The zero-order valence-electron chi connectivity index (χ0n) is 12.8. The van der Waals surface area contributed by atoms with Crippen LogP contribution in [0.5, 0.6) is 11.5 Å². The van der Waals surface area contributed by atoms with Crippen LogP contribution in [-0.4, -0.2) is 14.2 Å². The maximum atomic E-state index is 5.41. The van der Waals surface area contributed by atoms with Crippen molar-refractivity contribution in [2.75, 3.05) is 14.2 Å². The molecule has 3 heteroatoms. The smallest absolute Gasteiger partial charge is 0.161 e. The predicted octanol–water partition coefficient (Wildman–Crippen LogP) is 3.40. The number of nitrogens with one attached hydrogen (secondary N) is 1. The Labute approximate surface area is 125 Å². The predicted molar refractivity (Wildman–Crippen MR) is 84.0 cm³/mol. The third-order valence-corrected chi connectivity index (χ3v) is 4.15. The van der Waals surface area contributed by atoms with Crippen molar-refractivity contribution in [3.63, 3.8) is 0 Å². The summed E-state index contributed by atoms with van der Waals surface area (Å²) in [6.07, 6.45) is 0.971. The van der Waals surface area contributed by atoms with Gasteiger partial charge in [-0.3, -0.25) is 0 Å². The van der Waals surface area contributed by atoms with Crippen molar-refractivity contribution >= 4 is 0 Å². The Balaban J connectivity index is 1.89. The minimum absolute atomic E-state index is 0.358. The zero-order valence-corrected chi connectivity index (χ0v) is 12.8. The molecule has 0 radical (unpaired) electrons. The van der Waals surface area contributed by atoms with Crippen LogP contribution in [0.1, 0.15) is 28.3 Å². The van der Waals surface area contributed by atoms with Crippen LogP contribution in [0.15, 0.2) is 36.4 Å². The van der Waals surface area contributed by atoms with Gasteiger partial charge in [-0.1, -0.05) is 29.8 Å². The topological polar surface area (TPSA) is 30.5 Å². The lowest BCUT2D eigenvalue weighted by Gasteiger charge is -2.27. The number of aryl methyl sites for hydroxylation is 1. The summed E-state index contributed by atoms with van der Waals surface area (Å²) >= 11 is 0. The summed E-state index contributed by atoms with van der Waals surface area (Å²) in [4.78, 5) is 0. The van der Waals surface area contributed by atoms with E-state index in [2.05, 4.69) is 48.6 Å². The highest BCUT2D eigenvalue weighted by Crippen LogP contribution is 2.35. The lowest BCUT2D eigenvalue weighted by Crippen LogP contribution is -2.28. The van der Waals surface area contributed by atoms with E-state index in [0.717, 1.165) is 24.5 Å². The van der Waals surface area contributed by atoms with Crippen molar-refractivity contribution in [3.05, 3.63) is 58.7 Å². The second kappa shape index (κ2) is 5.78. The summed E-state index contributed by atoms with van der Waals surface area (Å²) in [5.41, 5.74) is 5.25. The fraction of sp³-hybridized carbons (Fsp3) is 0.333. The molecular formula is C18H21NO2. The molecule has 0 aromatic heterocycles. The third-order valence-electron chi connectivity index (χ3n) is 4.15. The van der Waals surface area contributed by atoms with Crippen molar-refractivity contribution in [3.8, 4) is 11.5 Å². The Kier molecular flexibility index (Phi) is 3.84. The normalized spacial score (nSPS) is 17.2. The first-order valence-electron chi connectivity index (χ1n) is 7.25. The van der Waals surface area contributed by atoms with Crippen LogP contribution >= 0.6 is 0 Å². The van der Waals surface area contributed by atoms with Gasteiger partial charge in [0.25, 0.3) is 0 Å². The average molecular weight is 283 g/mol. The number of hydrogen-bond donors (Lipinski definition) is 1. The Bertz CT molecular complexity index is 634. The molecular weight excluding hydrogens is 262 g/mol. The molecule has 0 bridgehead atoms. The van der Waals surface area contributed by atoms with Gasteiger partial charge in [0.1, 0.15) is 0 Å². The number of rotatable bonds is 3. The van der Waals surface area contributed by atoms with Crippen molar-refractivity contribution in [2.45, 2.75) is 25.9 Å². The van der Waals surface area contributed by atoms with Crippen molar-refractivity contribution < 1.29 is 9.47 Å². The molecule has 2 aromatic carbocycles. The first-order valence-corrected chi connectivity index (χ1v) is 7.25. The molecule has 110 valence electrons. The lowest BCUT2D eigenvalue weighted by molar-refractivity contribution is 0.352. The van der Waals surface area contributed by atoms with E-state index in [1.165, 1.54) is 22.3 Å². The van der Waals surface area contributed by atoms with Crippen molar-refractivity contribution in [1.29, 1.82) is 0 Å². The molecule has 3 rings (SSSR count). The second-order valence-corrected chi connectivity index (χ2v) is 5.52. The molecule has 1 atom stereocenters. The van der Waals surface area contributed by atoms with E-state index in [4.69, 9.17) is 9.47 Å². The van der Waals surface area contributed by atoms with E-state index in [9.17, 15) is 0 Å². The van der Waals surface area contributed by atoms with Gasteiger partial charge >= 0.3 is 0 Å². The van der Waals surface area contributed by atoms with E-state index in [1.54, 1.807) is 14.2 Å². The quantitative estimate of drug-likeness (QED) is 0.936. The van der Waals surface area contributed by atoms with Crippen molar-refractivity contribution in [1.82, 2.24) is 5.32 Å². The molecule has 0 saturated carbocycles. The van der Waals surface area contributed by atoms with E-state index in [0.29, 0.717) is 6.04 Å². The maximum absolute atomic E-state index is 5.41. The summed E-state index contributed by atoms with van der Waals surface area (Å²) in [6.45, 7) is 2.97. The molecule has 2 aromatic rings. The van der Waals surface area contributed by atoms with Crippen LogP contribution in [0.3, 0.4) is 0 Å². The van der Waals surface area contributed by atoms with Crippen molar-refractivity contribution in [2.24, 2.45) is 0 Å². The molecule has 1 heterocycles. The number of methoxy groups -OCH3 is 2. The molecule has 0 fully saturated rings. The van der Waals surface area contributed by atoms with Gasteiger partial charge in [0.15, 0.2) is 11.5 Å². The van der Waals surface area contributed by atoms with Crippen LogP contribution in [0.25, 0.3) is 0 Å². The van der Waals surface area contributed by atoms with Gasteiger partial charge in [0.2, 0.25) is 0 Å². The van der Waals surface area contributed by atoms with Gasteiger partial charge in [-0.15, -0.1) is 0 Å². The Morgan fingerprint density at radius 1 is 0.952 bits per heavy atom. The number of ether oxygens (including phenoxy) is 2. The van der Waals surface area contributed by atoms with E-state index >= 15 is 0 Å². The summed E-state index contributed by atoms with van der Waals surface area (Å²) < 4.78 is 10.8. The van der Waals surface area contributed by atoms with Crippen LogP contribution in [-0.2, 0) is 13.0 Å². The molecule has 0 unspecified atom stereocenters. The van der Waals surface area contributed by atoms with Gasteiger partial charge in [0.05, 0.1) is 14.2 Å². The highest BCUT2D eigenvalue weighted by molar-refractivity contribution is 5.49. The third kappa shape index (κ3) is 2.74. The molecule has 0 amide bonds. The Morgan fingerprint density at radius 3 is 2.19 bits per heavy atom. The summed E-state index contributed by atoms with van der Waals surface area (Å²) in [5.74, 6) is 1.60. The number of hydrogen-bond acceptors (Lipinski definition) is 3. The molecule has 3 nitrogen and oxygen atoms in total. The molecule has 0 saturated heterocycles. The second-order valence-electron chi connectivity index (χ2n) is 5.52. The summed E-state index contributed by atoms with van der Waals surface area (Å²) in [6, 6.07) is 13.3. The summed E-state index contributed by atoms with van der Waals surface area (Å²) in [5, 5.41) is 3.60. The van der Waals surface area contributed by atoms with Crippen LogP contribution in [0.2, 0.25) is 0 Å². The molecule has 1 N–H and O–H groups in total. The van der Waals surface area contributed by atoms with Gasteiger partial charge < -0.3 is 14.8 Å². The highest BCUT2D eigenvalue weighted by Gasteiger charge is 2.21. The zero-order chi connectivity index (χ0) is 14.8. The van der Waals surface area contributed by atoms with Crippen LogP contribution in [0.4, 0.5) is 0 Å². The minimum atomic E-state index is 0.358. The molecule has 0 aliphatic carbocycles. The maximum Gasteiger partial charge on any atom is 0.161 e. The highest BCUT2D eigenvalue weighted by atomic mass is 16.5. The van der Waals surface area contributed by atoms with E-state index in [-0.39, 0.29) is 0 Å². The van der Waals surface area contributed by atoms with E-state index < -0.39 is 0 Å². The lowest BCUT2D eigenvalue weighted by atomic mass is 9.91. The monoisotopic (exact) mass is 283 g/mol. The summed E-state index contributed by atoms with van der Waals surface area (Å²) in [7, 11) is 3.36. The van der Waals surface area contributed by atoms with Gasteiger partial charge in [-0.2, -0.15) is 0 Å². The largest absolute Gasteiger partial charge is 0.493 e. The number of benzene rings is 2. The molecule has 21 heavy (non-hydrogen) atoms. The fourth-order valence-corrected chi connectivity index (χ4v) is 2.88. The van der Waals surface area contributed by atoms with Crippen LogP contribution < -0.4 is 14.8 Å². The first-order chi connectivity index (χ1) is 10.2. The van der Waals surface area contributed by atoms with Gasteiger partial charge in [-0.25, -0.2) is 0 Å². The Hall–Kier alpha value is -2.00.